The van der Waals surface area contributed by atoms with Crippen LogP contribution in [0.2, 0.25) is 0 Å². The molecule has 0 aliphatic rings. The Morgan fingerprint density at radius 3 is 2.27 bits per heavy atom. The zero-order valence-corrected chi connectivity index (χ0v) is 7.98. The summed E-state index contributed by atoms with van der Waals surface area (Å²) in [5.74, 6) is 0. The van der Waals surface area contributed by atoms with Gasteiger partial charge in [0.05, 0.1) is 12.7 Å². The van der Waals surface area contributed by atoms with Gasteiger partial charge in [0.15, 0.2) is 0 Å². The van der Waals surface area contributed by atoms with E-state index in [1.54, 1.807) is 0 Å². The first kappa shape index (κ1) is 10.5. The first-order valence-electron chi connectivity index (χ1n) is 4.08. The quantitative estimate of drug-likeness (QED) is 0.658. The highest BCUT2D eigenvalue weighted by molar-refractivity contribution is 4.92. The van der Waals surface area contributed by atoms with E-state index in [0.29, 0.717) is 12.6 Å². The van der Waals surface area contributed by atoms with E-state index < -0.39 is 0 Å². The standard InChI is InChI=1S/C9H19NO/c1-7(2)10-9(5)6-11-8(3)4/h7-8,10H,5-6H2,1-4H3. The molecule has 0 fully saturated rings. The molecule has 2 nitrogen and oxygen atoms in total. The molecule has 0 saturated heterocycles. The molecule has 0 aromatic carbocycles. The van der Waals surface area contributed by atoms with Gasteiger partial charge in [-0.25, -0.2) is 0 Å². The van der Waals surface area contributed by atoms with Gasteiger partial charge in [-0.2, -0.15) is 0 Å². The fourth-order valence-corrected chi connectivity index (χ4v) is 0.717. The molecule has 0 aromatic heterocycles. The van der Waals surface area contributed by atoms with Crippen LogP contribution in [-0.2, 0) is 4.74 Å². The Balaban J connectivity index is 3.38. The van der Waals surface area contributed by atoms with Crippen LogP contribution in [-0.4, -0.2) is 18.8 Å². The minimum Gasteiger partial charge on any atom is -0.385 e. The third-order valence-corrected chi connectivity index (χ3v) is 1.08. The number of rotatable bonds is 5. The van der Waals surface area contributed by atoms with Crippen molar-refractivity contribution >= 4 is 0 Å². The van der Waals surface area contributed by atoms with Gasteiger partial charge in [0.2, 0.25) is 0 Å². The fourth-order valence-electron chi connectivity index (χ4n) is 0.717. The molecule has 11 heavy (non-hydrogen) atoms. The molecule has 66 valence electrons. The van der Waals surface area contributed by atoms with Crippen molar-refractivity contribution in [2.24, 2.45) is 0 Å². The summed E-state index contributed by atoms with van der Waals surface area (Å²) < 4.78 is 5.34. The number of nitrogens with one attached hydrogen (secondary N) is 1. The molecule has 0 aromatic rings. The summed E-state index contributed by atoms with van der Waals surface area (Å²) in [6, 6.07) is 0.443. The SMILES string of the molecule is C=C(COC(C)C)NC(C)C. The van der Waals surface area contributed by atoms with Gasteiger partial charge in [0.25, 0.3) is 0 Å². The lowest BCUT2D eigenvalue weighted by Crippen LogP contribution is -2.24. The van der Waals surface area contributed by atoms with Gasteiger partial charge in [-0.3, -0.25) is 0 Å². The van der Waals surface area contributed by atoms with Gasteiger partial charge in [-0.15, -0.1) is 0 Å². The molecule has 0 heterocycles. The van der Waals surface area contributed by atoms with Crippen LogP contribution in [0.25, 0.3) is 0 Å². The second-order valence-electron chi connectivity index (χ2n) is 3.26. The largest absolute Gasteiger partial charge is 0.385 e. The van der Waals surface area contributed by atoms with E-state index >= 15 is 0 Å². The lowest BCUT2D eigenvalue weighted by Gasteiger charge is -2.14. The molecule has 0 saturated carbocycles. The third kappa shape index (κ3) is 7.40. The topological polar surface area (TPSA) is 21.3 Å². The van der Waals surface area contributed by atoms with Crippen molar-refractivity contribution in [1.82, 2.24) is 5.32 Å². The Bertz CT molecular complexity index is 119. The molecular formula is C9H19NO. The highest BCUT2D eigenvalue weighted by Crippen LogP contribution is 1.93. The monoisotopic (exact) mass is 157 g/mol. The van der Waals surface area contributed by atoms with E-state index in [1.165, 1.54) is 0 Å². The molecule has 0 spiro atoms. The van der Waals surface area contributed by atoms with E-state index in [2.05, 4.69) is 25.7 Å². The van der Waals surface area contributed by atoms with Gasteiger partial charge < -0.3 is 10.1 Å². The van der Waals surface area contributed by atoms with Gasteiger partial charge in [0, 0.05) is 11.7 Å². The average molecular weight is 157 g/mol. The van der Waals surface area contributed by atoms with Crippen LogP contribution >= 0.6 is 0 Å². The zero-order valence-electron chi connectivity index (χ0n) is 7.98. The zero-order chi connectivity index (χ0) is 8.85. The van der Waals surface area contributed by atoms with Gasteiger partial charge in [-0.05, 0) is 27.7 Å². The average Bonchev–Trinajstić information content (AvgIpc) is 1.82. The van der Waals surface area contributed by atoms with Crippen molar-refractivity contribution in [1.29, 1.82) is 0 Å². The first-order chi connectivity index (χ1) is 5.02. The molecule has 0 bridgehead atoms. The van der Waals surface area contributed by atoms with Crippen LogP contribution in [0, 0.1) is 0 Å². The summed E-state index contributed by atoms with van der Waals surface area (Å²) in [5.41, 5.74) is 0.953. The highest BCUT2D eigenvalue weighted by atomic mass is 16.5. The molecule has 0 rings (SSSR count). The van der Waals surface area contributed by atoms with E-state index in [4.69, 9.17) is 4.74 Å². The Hall–Kier alpha value is -0.500. The maximum atomic E-state index is 5.34. The smallest absolute Gasteiger partial charge is 0.0859 e. The first-order valence-corrected chi connectivity index (χ1v) is 4.08. The Labute approximate surface area is 69.6 Å². The number of ether oxygens (including phenoxy) is 1. The summed E-state index contributed by atoms with van der Waals surface area (Å²) in [6.45, 7) is 12.6. The minimum atomic E-state index is 0.278. The van der Waals surface area contributed by atoms with Crippen LogP contribution in [0.15, 0.2) is 12.3 Å². The summed E-state index contributed by atoms with van der Waals surface area (Å²) in [5, 5.41) is 3.18. The maximum absolute atomic E-state index is 5.34. The maximum Gasteiger partial charge on any atom is 0.0859 e. The van der Waals surface area contributed by atoms with Crippen LogP contribution < -0.4 is 5.32 Å². The van der Waals surface area contributed by atoms with Gasteiger partial charge in [0.1, 0.15) is 0 Å². The second kappa shape index (κ2) is 5.19. The van der Waals surface area contributed by atoms with E-state index in [1.807, 2.05) is 13.8 Å². The van der Waals surface area contributed by atoms with Crippen molar-refractivity contribution in [3.8, 4) is 0 Å². The Kier molecular flexibility index (Phi) is 4.95. The van der Waals surface area contributed by atoms with Crippen molar-refractivity contribution in [2.75, 3.05) is 6.61 Å². The normalized spacial score (nSPS) is 10.7. The summed E-state index contributed by atoms with van der Waals surface area (Å²) in [7, 11) is 0. The molecule has 0 atom stereocenters. The van der Waals surface area contributed by atoms with Crippen molar-refractivity contribution in [2.45, 2.75) is 39.8 Å². The van der Waals surface area contributed by atoms with Crippen molar-refractivity contribution in [3.63, 3.8) is 0 Å². The number of hydrogen-bond acceptors (Lipinski definition) is 2. The molecular weight excluding hydrogens is 138 g/mol. The number of hydrogen-bond donors (Lipinski definition) is 1. The third-order valence-electron chi connectivity index (χ3n) is 1.08. The van der Waals surface area contributed by atoms with E-state index in [9.17, 15) is 0 Å². The Morgan fingerprint density at radius 1 is 1.36 bits per heavy atom. The molecule has 0 aliphatic carbocycles. The van der Waals surface area contributed by atoms with Crippen LogP contribution in [0.1, 0.15) is 27.7 Å². The van der Waals surface area contributed by atoms with Crippen molar-refractivity contribution < 1.29 is 4.74 Å². The Morgan fingerprint density at radius 2 is 1.91 bits per heavy atom. The predicted octanol–water partition coefficient (Wildman–Crippen LogP) is 1.92. The van der Waals surface area contributed by atoms with Crippen LogP contribution in [0.4, 0.5) is 0 Å². The predicted molar refractivity (Wildman–Crippen MR) is 48.5 cm³/mol. The summed E-state index contributed by atoms with van der Waals surface area (Å²) >= 11 is 0. The van der Waals surface area contributed by atoms with E-state index in [-0.39, 0.29) is 6.10 Å². The molecule has 0 radical (unpaired) electrons. The molecule has 1 N–H and O–H groups in total. The lowest BCUT2D eigenvalue weighted by molar-refractivity contribution is 0.0938. The molecule has 0 aliphatic heterocycles. The molecule has 0 unspecified atom stereocenters. The van der Waals surface area contributed by atoms with Gasteiger partial charge >= 0.3 is 0 Å². The second-order valence-corrected chi connectivity index (χ2v) is 3.26. The molecule has 2 heteroatoms. The van der Waals surface area contributed by atoms with Crippen molar-refractivity contribution in [3.05, 3.63) is 12.3 Å². The molecule has 0 amide bonds. The minimum absolute atomic E-state index is 0.278. The summed E-state index contributed by atoms with van der Waals surface area (Å²) in [6.07, 6.45) is 0.278. The highest BCUT2D eigenvalue weighted by Gasteiger charge is 1.97. The van der Waals surface area contributed by atoms with Gasteiger partial charge in [-0.1, -0.05) is 6.58 Å². The fraction of sp³-hybridized carbons (Fsp3) is 0.778. The van der Waals surface area contributed by atoms with Crippen LogP contribution in [0.3, 0.4) is 0 Å². The van der Waals surface area contributed by atoms with Crippen LogP contribution in [0.5, 0.6) is 0 Å². The van der Waals surface area contributed by atoms with E-state index in [0.717, 1.165) is 5.70 Å². The summed E-state index contributed by atoms with van der Waals surface area (Å²) in [4.78, 5) is 0. The lowest BCUT2D eigenvalue weighted by atomic mass is 10.3.